The molecule has 3 atom stereocenters. The highest BCUT2D eigenvalue weighted by Gasteiger charge is 2.32. The third-order valence-corrected chi connectivity index (χ3v) is 4.69. The number of alkyl halides is 1. The van der Waals surface area contributed by atoms with Gasteiger partial charge in [-0.3, -0.25) is 9.09 Å². The minimum atomic E-state index is -4.11. The molecule has 10 heteroatoms. The summed E-state index contributed by atoms with van der Waals surface area (Å²) in [4.78, 5) is 10.1. The summed E-state index contributed by atoms with van der Waals surface area (Å²) in [6.45, 7) is 2.02. The van der Waals surface area contributed by atoms with E-state index in [1.807, 2.05) is 0 Å². The van der Waals surface area contributed by atoms with Gasteiger partial charge in [-0.05, 0) is 19.1 Å². The molecule has 4 N–H and O–H groups in total. The maximum absolute atomic E-state index is 12.3. The van der Waals surface area contributed by atoms with Crippen LogP contribution < -0.4 is 16.4 Å². The van der Waals surface area contributed by atoms with Crippen molar-refractivity contribution in [3.63, 3.8) is 0 Å². The van der Waals surface area contributed by atoms with Crippen LogP contribution in [0.3, 0.4) is 0 Å². The molecule has 0 spiro atoms. The summed E-state index contributed by atoms with van der Waals surface area (Å²) >= 11 is 6.09. The SMILES string of the molecule is CCOC(Nc1nocc1N)C(Cl)OP(=O)(O)c1ccccc1. The number of nitrogens with zero attached hydrogens (tertiary/aromatic N) is 1. The Bertz CT molecular complexity index is 669. The molecule has 8 nitrogen and oxygen atoms in total. The molecule has 0 amide bonds. The average molecular weight is 362 g/mol. The lowest BCUT2D eigenvalue weighted by molar-refractivity contribution is 0.0264. The second-order valence-electron chi connectivity index (χ2n) is 4.45. The number of hydrogen-bond donors (Lipinski definition) is 3. The van der Waals surface area contributed by atoms with E-state index in [1.165, 1.54) is 18.4 Å². The fraction of sp³-hybridized carbons (Fsp3) is 0.308. The third kappa shape index (κ3) is 4.70. The van der Waals surface area contributed by atoms with E-state index in [9.17, 15) is 9.46 Å². The molecular weight excluding hydrogens is 345 g/mol. The first-order valence-corrected chi connectivity index (χ1v) is 8.74. The summed E-state index contributed by atoms with van der Waals surface area (Å²) in [6, 6.07) is 7.92. The normalized spacial score (nSPS) is 16.5. The van der Waals surface area contributed by atoms with E-state index >= 15 is 0 Å². The highest BCUT2D eigenvalue weighted by molar-refractivity contribution is 7.61. The quantitative estimate of drug-likeness (QED) is 0.371. The molecule has 3 unspecified atom stereocenters. The zero-order valence-electron chi connectivity index (χ0n) is 12.3. The molecule has 0 aliphatic heterocycles. The first-order valence-electron chi connectivity index (χ1n) is 6.73. The fourth-order valence-electron chi connectivity index (χ4n) is 1.72. The summed E-state index contributed by atoms with van der Waals surface area (Å²) in [5, 5.41) is 6.53. The summed E-state index contributed by atoms with van der Waals surface area (Å²) < 4.78 is 27.5. The van der Waals surface area contributed by atoms with Crippen LogP contribution in [0, 0.1) is 0 Å². The molecule has 1 aromatic carbocycles. The van der Waals surface area contributed by atoms with Gasteiger partial charge in [-0.1, -0.05) is 35.0 Å². The molecule has 1 aromatic heterocycles. The van der Waals surface area contributed by atoms with Gasteiger partial charge in [0, 0.05) is 6.61 Å². The van der Waals surface area contributed by atoms with Gasteiger partial charge in [0.2, 0.25) is 0 Å². The second kappa shape index (κ2) is 7.81. The van der Waals surface area contributed by atoms with Gasteiger partial charge >= 0.3 is 7.60 Å². The van der Waals surface area contributed by atoms with E-state index in [2.05, 4.69) is 10.5 Å². The lowest BCUT2D eigenvalue weighted by atomic mass is 10.4. The maximum Gasteiger partial charge on any atom is 0.360 e. The number of aromatic nitrogens is 1. The number of halogens is 1. The van der Waals surface area contributed by atoms with Crippen molar-refractivity contribution in [3.8, 4) is 0 Å². The number of benzene rings is 1. The molecule has 0 aliphatic carbocycles. The molecule has 126 valence electrons. The highest BCUT2D eigenvalue weighted by atomic mass is 35.5. The van der Waals surface area contributed by atoms with Crippen LogP contribution in [-0.2, 0) is 13.8 Å². The predicted molar refractivity (Wildman–Crippen MR) is 86.6 cm³/mol. The van der Waals surface area contributed by atoms with Crippen LogP contribution in [0.15, 0.2) is 41.1 Å². The Morgan fingerprint density at radius 2 is 2.17 bits per heavy atom. The van der Waals surface area contributed by atoms with Gasteiger partial charge in [-0.2, -0.15) is 0 Å². The minimum Gasteiger partial charge on any atom is -0.393 e. The molecule has 0 fully saturated rings. The fourth-order valence-corrected chi connectivity index (χ4v) is 3.23. The minimum absolute atomic E-state index is 0.127. The van der Waals surface area contributed by atoms with Crippen LogP contribution >= 0.6 is 19.2 Å². The first-order chi connectivity index (χ1) is 10.9. The maximum atomic E-state index is 12.3. The predicted octanol–water partition coefficient (Wildman–Crippen LogP) is 2.12. The Kier molecular flexibility index (Phi) is 6.04. The first kappa shape index (κ1) is 17.8. The van der Waals surface area contributed by atoms with E-state index < -0.39 is 19.4 Å². The Labute approximate surface area is 138 Å². The largest absolute Gasteiger partial charge is 0.393 e. The van der Waals surface area contributed by atoms with E-state index in [4.69, 9.17) is 31.1 Å². The molecule has 2 aromatic rings. The molecule has 0 saturated heterocycles. The second-order valence-corrected chi connectivity index (χ2v) is 6.65. The zero-order valence-corrected chi connectivity index (χ0v) is 13.9. The van der Waals surface area contributed by atoms with Gasteiger partial charge in [0.05, 0.1) is 5.30 Å². The monoisotopic (exact) mass is 361 g/mol. The van der Waals surface area contributed by atoms with Crippen LogP contribution in [0.5, 0.6) is 0 Å². The van der Waals surface area contributed by atoms with Crippen LogP contribution in [0.25, 0.3) is 0 Å². The Hall–Kier alpha value is -1.57. The number of rotatable bonds is 8. The van der Waals surface area contributed by atoms with Crippen molar-refractivity contribution in [1.82, 2.24) is 5.16 Å². The highest BCUT2D eigenvalue weighted by Crippen LogP contribution is 2.43. The Morgan fingerprint density at radius 1 is 1.48 bits per heavy atom. The number of nitrogens with two attached hydrogens (primary N) is 1. The van der Waals surface area contributed by atoms with E-state index in [1.54, 1.807) is 25.1 Å². The molecule has 1 heterocycles. The van der Waals surface area contributed by atoms with Crippen molar-refractivity contribution in [3.05, 3.63) is 36.6 Å². The standard InChI is InChI=1S/C13H17ClN3O5P/c1-2-20-13(16-12-10(15)8-21-17-12)11(14)22-23(18,19)9-6-4-3-5-7-9/h3-8,11,13H,2,15H2,1H3,(H,16,17)(H,18,19). The summed E-state index contributed by atoms with van der Waals surface area (Å²) in [6.07, 6.45) is 0.273. The number of nitrogen functional groups attached to an aromatic ring is 1. The summed E-state index contributed by atoms with van der Waals surface area (Å²) in [7, 11) is -4.11. The van der Waals surface area contributed by atoms with Gasteiger partial charge in [0.1, 0.15) is 12.0 Å². The van der Waals surface area contributed by atoms with Crippen molar-refractivity contribution in [2.75, 3.05) is 17.7 Å². The molecule has 0 bridgehead atoms. The lowest BCUT2D eigenvalue weighted by Gasteiger charge is -2.25. The molecule has 23 heavy (non-hydrogen) atoms. The third-order valence-electron chi connectivity index (χ3n) is 2.79. The van der Waals surface area contributed by atoms with Crippen LogP contribution in [0.4, 0.5) is 11.5 Å². The van der Waals surface area contributed by atoms with Crippen LogP contribution in [0.2, 0.25) is 0 Å². The molecular formula is C13H17ClN3O5P. The van der Waals surface area contributed by atoms with Crippen molar-refractivity contribution in [2.45, 2.75) is 18.7 Å². The Morgan fingerprint density at radius 3 is 2.74 bits per heavy atom. The van der Waals surface area contributed by atoms with Gasteiger partial charge < -0.3 is 25.2 Å². The van der Waals surface area contributed by atoms with Gasteiger partial charge in [-0.15, -0.1) is 0 Å². The van der Waals surface area contributed by atoms with Gasteiger partial charge in [0.25, 0.3) is 0 Å². The number of anilines is 2. The van der Waals surface area contributed by atoms with E-state index in [-0.39, 0.29) is 23.4 Å². The lowest BCUT2D eigenvalue weighted by Crippen LogP contribution is -2.35. The van der Waals surface area contributed by atoms with Gasteiger partial charge in [0.15, 0.2) is 17.6 Å². The molecule has 0 radical (unpaired) electrons. The van der Waals surface area contributed by atoms with Crippen molar-refractivity contribution in [1.29, 1.82) is 0 Å². The van der Waals surface area contributed by atoms with E-state index in [0.29, 0.717) is 0 Å². The van der Waals surface area contributed by atoms with Crippen LogP contribution in [-0.4, -0.2) is 28.4 Å². The topological polar surface area (TPSA) is 120 Å². The van der Waals surface area contributed by atoms with E-state index in [0.717, 1.165) is 0 Å². The number of hydrogen-bond acceptors (Lipinski definition) is 7. The zero-order chi connectivity index (χ0) is 16.9. The van der Waals surface area contributed by atoms with Crippen molar-refractivity contribution >= 4 is 36.0 Å². The van der Waals surface area contributed by atoms with Crippen molar-refractivity contribution in [2.24, 2.45) is 0 Å². The number of ether oxygens (including phenoxy) is 1. The molecule has 2 rings (SSSR count). The van der Waals surface area contributed by atoms with Crippen molar-refractivity contribution < 1.29 is 23.2 Å². The Balaban J connectivity index is 2.10. The number of nitrogens with one attached hydrogen (secondary N) is 1. The van der Waals surface area contributed by atoms with Crippen LogP contribution in [0.1, 0.15) is 6.92 Å². The summed E-state index contributed by atoms with van der Waals surface area (Å²) in [5.74, 6) is 0.199. The van der Waals surface area contributed by atoms with Gasteiger partial charge in [-0.25, -0.2) is 0 Å². The smallest absolute Gasteiger partial charge is 0.360 e. The summed E-state index contributed by atoms with van der Waals surface area (Å²) in [5.41, 5.74) is 4.61. The molecule has 0 saturated carbocycles. The average Bonchev–Trinajstić information content (AvgIpc) is 2.92. The molecule has 0 aliphatic rings.